The molecule has 0 aliphatic rings. The smallest absolute Gasteiger partial charge is 0.424 e. The fourth-order valence-electron chi connectivity index (χ4n) is 1.46. The Labute approximate surface area is 123 Å². The van der Waals surface area contributed by atoms with Crippen LogP contribution >= 0.6 is 11.6 Å². The van der Waals surface area contributed by atoms with E-state index in [0.29, 0.717) is 18.7 Å². The van der Waals surface area contributed by atoms with Gasteiger partial charge in [-0.2, -0.15) is 0 Å². The summed E-state index contributed by atoms with van der Waals surface area (Å²) in [6.45, 7) is 7.96. The number of amides is 1. The van der Waals surface area contributed by atoms with Crippen LogP contribution in [-0.4, -0.2) is 23.2 Å². The molecule has 0 atom stereocenters. The lowest BCUT2D eigenvalue weighted by atomic mass is 10.2. The van der Waals surface area contributed by atoms with Gasteiger partial charge in [0.05, 0.1) is 5.02 Å². The van der Waals surface area contributed by atoms with Crippen molar-refractivity contribution in [2.75, 3.05) is 6.54 Å². The Kier molecular flexibility index (Phi) is 5.77. The quantitative estimate of drug-likeness (QED) is 0.862. The van der Waals surface area contributed by atoms with Gasteiger partial charge < -0.3 is 4.74 Å². The van der Waals surface area contributed by atoms with Crippen LogP contribution in [0.5, 0.6) is 0 Å². The zero-order chi connectivity index (χ0) is 15.3. The van der Waals surface area contributed by atoms with Crippen molar-refractivity contribution >= 4 is 17.7 Å². The van der Waals surface area contributed by atoms with Gasteiger partial charge in [0, 0.05) is 13.1 Å². The molecule has 1 amide bonds. The van der Waals surface area contributed by atoms with Crippen molar-refractivity contribution in [3.05, 3.63) is 34.6 Å². The molecule has 1 N–H and O–H groups in total. The molecular weight excluding hydrogens is 283 g/mol. The van der Waals surface area contributed by atoms with Crippen LogP contribution in [-0.2, 0) is 11.3 Å². The maximum absolute atomic E-state index is 13.3. The average molecular weight is 303 g/mol. The summed E-state index contributed by atoms with van der Waals surface area (Å²) >= 11 is 5.61. The van der Waals surface area contributed by atoms with Crippen molar-refractivity contribution in [2.45, 2.75) is 39.8 Å². The zero-order valence-electron chi connectivity index (χ0n) is 12.2. The molecule has 0 bridgehead atoms. The minimum atomic E-state index is -0.557. The monoisotopic (exact) mass is 302 g/mol. The van der Waals surface area contributed by atoms with Gasteiger partial charge in [-0.3, -0.25) is 0 Å². The summed E-state index contributed by atoms with van der Waals surface area (Å²) in [6.07, 6.45) is -0.463. The van der Waals surface area contributed by atoms with Crippen molar-refractivity contribution in [1.29, 1.82) is 0 Å². The normalized spacial score (nSPS) is 11.3. The second-order valence-electron chi connectivity index (χ2n) is 5.31. The van der Waals surface area contributed by atoms with Crippen LogP contribution in [0.3, 0.4) is 0 Å². The number of halogens is 2. The largest absolute Gasteiger partial charge is 0.443 e. The first-order valence-electron chi connectivity index (χ1n) is 6.41. The zero-order valence-corrected chi connectivity index (χ0v) is 12.9. The molecule has 4 nitrogen and oxygen atoms in total. The van der Waals surface area contributed by atoms with E-state index in [4.69, 9.17) is 16.3 Å². The van der Waals surface area contributed by atoms with E-state index in [1.807, 2.05) is 6.92 Å². The number of hydrogen-bond donors (Lipinski definition) is 1. The summed E-state index contributed by atoms with van der Waals surface area (Å²) in [5.41, 5.74) is 3.04. The van der Waals surface area contributed by atoms with Crippen LogP contribution in [0.15, 0.2) is 18.2 Å². The number of hydrazine groups is 1. The number of carbonyl (C=O) groups is 1. The Hall–Kier alpha value is -1.33. The Morgan fingerprint density at radius 1 is 1.45 bits per heavy atom. The number of ether oxygens (including phenoxy) is 1. The first-order valence-corrected chi connectivity index (χ1v) is 6.78. The molecule has 0 unspecified atom stereocenters. The van der Waals surface area contributed by atoms with E-state index >= 15 is 0 Å². The Morgan fingerprint density at radius 2 is 2.10 bits per heavy atom. The topological polar surface area (TPSA) is 41.6 Å². The molecule has 0 fully saturated rings. The van der Waals surface area contributed by atoms with Crippen LogP contribution in [0, 0.1) is 5.82 Å². The molecule has 0 saturated carbocycles. The first-order chi connectivity index (χ1) is 9.23. The van der Waals surface area contributed by atoms with E-state index < -0.39 is 17.5 Å². The highest BCUT2D eigenvalue weighted by molar-refractivity contribution is 6.30. The third kappa shape index (κ3) is 5.35. The molecule has 0 heterocycles. The SMILES string of the molecule is CCN(NCc1ccc(Cl)c(F)c1)C(=O)OC(C)(C)C. The average Bonchev–Trinajstić information content (AvgIpc) is 2.32. The molecule has 1 rings (SSSR count). The van der Waals surface area contributed by atoms with Crippen LogP contribution in [0.25, 0.3) is 0 Å². The number of nitrogens with one attached hydrogen (secondary N) is 1. The molecule has 0 saturated heterocycles. The molecule has 20 heavy (non-hydrogen) atoms. The highest BCUT2D eigenvalue weighted by Crippen LogP contribution is 2.15. The third-order valence-corrected chi connectivity index (χ3v) is 2.69. The standard InChI is InChI=1S/C14H20ClFN2O2/c1-5-18(13(19)20-14(2,3)4)17-9-10-6-7-11(15)12(16)8-10/h6-8,17H,5,9H2,1-4H3. The van der Waals surface area contributed by atoms with Gasteiger partial charge in [0.2, 0.25) is 0 Å². The van der Waals surface area contributed by atoms with Gasteiger partial charge in [0.1, 0.15) is 11.4 Å². The van der Waals surface area contributed by atoms with Crippen LogP contribution in [0.2, 0.25) is 5.02 Å². The number of carbonyl (C=O) groups excluding carboxylic acids is 1. The summed E-state index contributed by atoms with van der Waals surface area (Å²) < 4.78 is 18.6. The van der Waals surface area contributed by atoms with Gasteiger partial charge in [-0.25, -0.2) is 19.6 Å². The van der Waals surface area contributed by atoms with Gasteiger partial charge in [0.25, 0.3) is 0 Å². The van der Waals surface area contributed by atoms with Crippen molar-refractivity contribution in [2.24, 2.45) is 0 Å². The van der Waals surface area contributed by atoms with E-state index in [9.17, 15) is 9.18 Å². The fourth-order valence-corrected chi connectivity index (χ4v) is 1.58. The van der Waals surface area contributed by atoms with Gasteiger partial charge in [-0.1, -0.05) is 17.7 Å². The van der Waals surface area contributed by atoms with E-state index in [0.717, 1.165) is 0 Å². The molecule has 0 aromatic heterocycles. The molecule has 0 aliphatic carbocycles. The van der Waals surface area contributed by atoms with Crippen LogP contribution < -0.4 is 5.43 Å². The summed E-state index contributed by atoms with van der Waals surface area (Å²) in [4.78, 5) is 11.9. The predicted octanol–water partition coefficient (Wildman–Crippen LogP) is 3.74. The van der Waals surface area contributed by atoms with Gasteiger partial charge in [-0.15, -0.1) is 0 Å². The van der Waals surface area contributed by atoms with Gasteiger partial charge in [0.15, 0.2) is 0 Å². The minimum Gasteiger partial charge on any atom is -0.443 e. The minimum absolute atomic E-state index is 0.0771. The Morgan fingerprint density at radius 3 is 2.60 bits per heavy atom. The number of hydrogen-bond acceptors (Lipinski definition) is 3. The lowest BCUT2D eigenvalue weighted by Gasteiger charge is -2.26. The molecule has 0 aliphatic heterocycles. The maximum atomic E-state index is 13.3. The highest BCUT2D eigenvalue weighted by atomic mass is 35.5. The lowest BCUT2D eigenvalue weighted by molar-refractivity contribution is 0.0144. The molecule has 0 spiro atoms. The fraction of sp³-hybridized carbons (Fsp3) is 0.500. The molecule has 0 radical (unpaired) electrons. The van der Waals surface area contributed by atoms with Crippen molar-refractivity contribution in [3.8, 4) is 0 Å². The second-order valence-corrected chi connectivity index (χ2v) is 5.72. The number of rotatable bonds is 4. The van der Waals surface area contributed by atoms with Gasteiger partial charge >= 0.3 is 6.09 Å². The van der Waals surface area contributed by atoms with Crippen molar-refractivity contribution in [3.63, 3.8) is 0 Å². The maximum Gasteiger partial charge on any atom is 0.424 e. The van der Waals surface area contributed by atoms with Gasteiger partial charge in [-0.05, 0) is 45.4 Å². The van der Waals surface area contributed by atoms with Crippen molar-refractivity contribution < 1.29 is 13.9 Å². The summed E-state index contributed by atoms with van der Waals surface area (Å²) in [6, 6.07) is 4.51. The van der Waals surface area contributed by atoms with Crippen LogP contribution in [0.1, 0.15) is 33.3 Å². The van der Waals surface area contributed by atoms with E-state index in [-0.39, 0.29) is 5.02 Å². The molecule has 1 aromatic rings. The Bertz CT molecular complexity index is 475. The summed E-state index contributed by atoms with van der Waals surface area (Å²) in [7, 11) is 0. The summed E-state index contributed by atoms with van der Waals surface area (Å²) in [5.74, 6) is -0.480. The molecule has 112 valence electrons. The third-order valence-electron chi connectivity index (χ3n) is 2.39. The first kappa shape index (κ1) is 16.7. The predicted molar refractivity (Wildman–Crippen MR) is 76.9 cm³/mol. The molecule has 6 heteroatoms. The van der Waals surface area contributed by atoms with Crippen LogP contribution in [0.4, 0.5) is 9.18 Å². The summed E-state index contributed by atoms with van der Waals surface area (Å²) in [5, 5.41) is 1.42. The Balaban J connectivity index is 2.61. The number of nitrogens with zero attached hydrogens (tertiary/aromatic N) is 1. The molecular formula is C14H20ClFN2O2. The lowest BCUT2D eigenvalue weighted by Crippen LogP contribution is -2.45. The van der Waals surface area contributed by atoms with E-state index in [1.54, 1.807) is 26.8 Å². The van der Waals surface area contributed by atoms with Crippen molar-refractivity contribution in [1.82, 2.24) is 10.4 Å². The second kappa shape index (κ2) is 6.90. The van der Waals surface area contributed by atoms with E-state index in [2.05, 4.69) is 5.43 Å². The number of benzene rings is 1. The highest BCUT2D eigenvalue weighted by Gasteiger charge is 2.20. The van der Waals surface area contributed by atoms with E-state index in [1.165, 1.54) is 17.1 Å². The molecule has 1 aromatic carbocycles.